The lowest BCUT2D eigenvalue weighted by atomic mass is 9.98. The van der Waals surface area contributed by atoms with Gasteiger partial charge >= 0.3 is 0 Å². The topological polar surface area (TPSA) is 56.4 Å². The van der Waals surface area contributed by atoms with Crippen molar-refractivity contribution in [2.24, 2.45) is 0 Å². The molecule has 5 rings (SSSR count). The molecule has 5 nitrogen and oxygen atoms in total. The van der Waals surface area contributed by atoms with Gasteiger partial charge in [0.25, 0.3) is 5.91 Å². The summed E-state index contributed by atoms with van der Waals surface area (Å²) in [6.45, 7) is 2.08. The van der Waals surface area contributed by atoms with Crippen LogP contribution in [0.2, 0.25) is 0 Å². The number of hydrogen-bond donors (Lipinski definition) is 1. The average Bonchev–Trinajstić information content (AvgIpc) is 3.40. The minimum atomic E-state index is 0.0403. The lowest BCUT2D eigenvalue weighted by Gasteiger charge is -2.27. The second-order valence-corrected chi connectivity index (χ2v) is 7.67. The Morgan fingerprint density at radius 1 is 0.966 bits per heavy atom. The van der Waals surface area contributed by atoms with E-state index in [1.165, 1.54) is 16.5 Å². The molecule has 2 aliphatic rings. The summed E-state index contributed by atoms with van der Waals surface area (Å²) in [5, 5.41) is 1.23. The Hall–Kier alpha value is -3.34. The van der Waals surface area contributed by atoms with Gasteiger partial charge in [0.1, 0.15) is 0 Å². The number of hydrogen-bond acceptors (Lipinski definition) is 2. The molecule has 2 amide bonds. The van der Waals surface area contributed by atoms with Crippen LogP contribution in [0.4, 0.5) is 5.69 Å². The zero-order valence-corrected chi connectivity index (χ0v) is 16.2. The average molecular weight is 385 g/mol. The maximum atomic E-state index is 12.9. The standard InChI is InChI=1S/C24H23N3O2/c28-23-6-3-13-27(23)19-9-7-18(8-10-19)24(29)26-14-11-17(12-15-26)21-16-25-22-5-2-1-4-20(21)22/h1-2,4-5,7-11,16,25H,3,6,12-15H2. The number of rotatable bonds is 3. The van der Waals surface area contributed by atoms with Crippen LogP contribution >= 0.6 is 0 Å². The molecule has 3 heterocycles. The van der Waals surface area contributed by atoms with Gasteiger partial charge in [-0.15, -0.1) is 0 Å². The number of fused-ring (bicyclic) bond motifs is 1. The van der Waals surface area contributed by atoms with Crippen LogP contribution < -0.4 is 4.90 Å². The zero-order chi connectivity index (χ0) is 19.8. The van der Waals surface area contributed by atoms with Crippen LogP contribution in [0.5, 0.6) is 0 Å². The van der Waals surface area contributed by atoms with E-state index in [2.05, 4.69) is 35.5 Å². The van der Waals surface area contributed by atoms with Crippen molar-refractivity contribution in [3.8, 4) is 0 Å². The fourth-order valence-electron chi connectivity index (χ4n) is 4.32. The molecule has 0 unspecified atom stereocenters. The predicted octanol–water partition coefficient (Wildman–Crippen LogP) is 4.22. The van der Waals surface area contributed by atoms with Crippen molar-refractivity contribution >= 4 is 34.0 Å². The third kappa shape index (κ3) is 3.23. The molecule has 2 aliphatic heterocycles. The van der Waals surface area contributed by atoms with Gasteiger partial charge in [-0.25, -0.2) is 0 Å². The highest BCUT2D eigenvalue weighted by molar-refractivity contribution is 5.98. The Kier molecular flexibility index (Phi) is 4.43. The molecular formula is C24H23N3O2. The molecule has 0 radical (unpaired) electrons. The van der Waals surface area contributed by atoms with E-state index in [0.29, 0.717) is 25.1 Å². The maximum Gasteiger partial charge on any atom is 0.254 e. The molecule has 0 spiro atoms. The van der Waals surface area contributed by atoms with Crippen LogP contribution in [-0.2, 0) is 4.79 Å². The SMILES string of the molecule is O=C(c1ccc(N2CCCC2=O)cc1)N1CC=C(c2c[nH]c3ccccc23)CC1. The minimum absolute atomic E-state index is 0.0403. The summed E-state index contributed by atoms with van der Waals surface area (Å²) in [4.78, 5) is 31.8. The smallest absolute Gasteiger partial charge is 0.254 e. The summed E-state index contributed by atoms with van der Waals surface area (Å²) in [6, 6.07) is 15.7. The molecule has 1 saturated heterocycles. The van der Waals surface area contributed by atoms with Gasteiger partial charge in [-0.1, -0.05) is 24.3 Å². The number of nitrogens with one attached hydrogen (secondary N) is 1. The largest absolute Gasteiger partial charge is 0.361 e. The van der Waals surface area contributed by atoms with E-state index in [4.69, 9.17) is 0 Å². The van der Waals surface area contributed by atoms with Crippen molar-refractivity contribution in [3.05, 3.63) is 71.9 Å². The summed E-state index contributed by atoms with van der Waals surface area (Å²) in [6.07, 6.45) is 6.58. The van der Waals surface area contributed by atoms with Crippen molar-refractivity contribution in [3.63, 3.8) is 0 Å². The minimum Gasteiger partial charge on any atom is -0.361 e. The molecule has 5 heteroatoms. The molecule has 1 aromatic heterocycles. The number of anilines is 1. The second kappa shape index (κ2) is 7.24. The number of H-pyrrole nitrogens is 1. The first-order valence-electron chi connectivity index (χ1n) is 10.2. The number of aromatic nitrogens is 1. The van der Waals surface area contributed by atoms with Crippen LogP contribution in [-0.4, -0.2) is 41.3 Å². The summed E-state index contributed by atoms with van der Waals surface area (Å²) in [5.41, 5.74) is 5.20. The molecule has 29 heavy (non-hydrogen) atoms. The number of aromatic amines is 1. The van der Waals surface area contributed by atoms with E-state index in [1.54, 1.807) is 4.90 Å². The number of carbonyl (C=O) groups is 2. The molecule has 1 N–H and O–H groups in total. The molecule has 3 aromatic rings. The van der Waals surface area contributed by atoms with Gasteiger partial charge in [0.05, 0.1) is 0 Å². The monoisotopic (exact) mass is 385 g/mol. The molecule has 2 aromatic carbocycles. The van der Waals surface area contributed by atoms with Crippen molar-refractivity contribution in [2.75, 3.05) is 24.5 Å². The number of amides is 2. The molecule has 1 fully saturated rings. The highest BCUT2D eigenvalue weighted by Crippen LogP contribution is 2.29. The van der Waals surface area contributed by atoms with Crippen LogP contribution in [0.1, 0.15) is 35.2 Å². The second-order valence-electron chi connectivity index (χ2n) is 7.67. The van der Waals surface area contributed by atoms with Gasteiger partial charge < -0.3 is 14.8 Å². The van der Waals surface area contributed by atoms with Crippen molar-refractivity contribution in [2.45, 2.75) is 19.3 Å². The lowest BCUT2D eigenvalue weighted by Crippen LogP contribution is -2.34. The predicted molar refractivity (Wildman–Crippen MR) is 115 cm³/mol. The van der Waals surface area contributed by atoms with Crippen LogP contribution in [0.25, 0.3) is 16.5 Å². The Morgan fingerprint density at radius 3 is 2.52 bits per heavy atom. The van der Waals surface area contributed by atoms with Gasteiger partial charge in [0.15, 0.2) is 0 Å². The van der Waals surface area contributed by atoms with E-state index in [-0.39, 0.29) is 11.8 Å². The van der Waals surface area contributed by atoms with Gasteiger partial charge in [-0.2, -0.15) is 0 Å². The third-order valence-electron chi connectivity index (χ3n) is 5.93. The maximum absolute atomic E-state index is 12.9. The first-order valence-corrected chi connectivity index (χ1v) is 10.2. The molecule has 0 atom stereocenters. The van der Waals surface area contributed by atoms with Crippen LogP contribution in [0.3, 0.4) is 0 Å². The number of nitrogens with zero attached hydrogens (tertiary/aromatic N) is 2. The van der Waals surface area contributed by atoms with Crippen LogP contribution in [0, 0.1) is 0 Å². The highest BCUT2D eigenvalue weighted by Gasteiger charge is 2.23. The molecule has 0 bridgehead atoms. The van der Waals surface area contributed by atoms with E-state index >= 15 is 0 Å². The Bertz CT molecular complexity index is 1110. The molecule has 0 aliphatic carbocycles. The van der Waals surface area contributed by atoms with Gasteiger partial charge in [-0.3, -0.25) is 9.59 Å². The summed E-state index contributed by atoms with van der Waals surface area (Å²) < 4.78 is 0. The van der Waals surface area contributed by atoms with E-state index in [1.807, 2.05) is 35.2 Å². The summed E-state index contributed by atoms with van der Waals surface area (Å²) in [7, 11) is 0. The van der Waals surface area contributed by atoms with Crippen molar-refractivity contribution in [1.82, 2.24) is 9.88 Å². The lowest BCUT2D eigenvalue weighted by molar-refractivity contribution is -0.117. The molecular weight excluding hydrogens is 362 g/mol. The van der Waals surface area contributed by atoms with E-state index in [9.17, 15) is 9.59 Å². The van der Waals surface area contributed by atoms with Gasteiger partial charge in [0.2, 0.25) is 5.91 Å². The van der Waals surface area contributed by atoms with Crippen LogP contribution in [0.15, 0.2) is 60.8 Å². The van der Waals surface area contributed by atoms with Gasteiger partial charge in [0, 0.05) is 60.0 Å². The normalized spacial score (nSPS) is 17.1. The highest BCUT2D eigenvalue weighted by atomic mass is 16.2. The first-order chi connectivity index (χ1) is 14.2. The Balaban J connectivity index is 1.30. The van der Waals surface area contributed by atoms with Gasteiger partial charge in [-0.05, 0) is 48.7 Å². The third-order valence-corrected chi connectivity index (χ3v) is 5.93. The summed E-state index contributed by atoms with van der Waals surface area (Å²) in [5.74, 6) is 0.202. The Labute approximate surface area is 169 Å². The fraction of sp³-hybridized carbons (Fsp3) is 0.250. The Morgan fingerprint density at radius 2 is 1.79 bits per heavy atom. The number of carbonyl (C=O) groups excluding carboxylic acids is 2. The zero-order valence-electron chi connectivity index (χ0n) is 16.2. The van der Waals surface area contributed by atoms with Crippen molar-refractivity contribution in [1.29, 1.82) is 0 Å². The number of benzene rings is 2. The first kappa shape index (κ1) is 17.7. The van der Waals surface area contributed by atoms with E-state index in [0.717, 1.165) is 30.6 Å². The molecule has 0 saturated carbocycles. The summed E-state index contributed by atoms with van der Waals surface area (Å²) >= 11 is 0. The number of para-hydroxylation sites is 1. The fourth-order valence-corrected chi connectivity index (χ4v) is 4.32. The molecule has 146 valence electrons. The van der Waals surface area contributed by atoms with Crippen molar-refractivity contribution < 1.29 is 9.59 Å². The van der Waals surface area contributed by atoms with E-state index < -0.39 is 0 Å². The quantitative estimate of drug-likeness (QED) is 0.734.